The second kappa shape index (κ2) is 8.87. The van der Waals surface area contributed by atoms with Gasteiger partial charge in [0, 0.05) is 29.9 Å². The lowest BCUT2D eigenvalue weighted by atomic mass is 9.84. The Bertz CT molecular complexity index is 854. The summed E-state index contributed by atoms with van der Waals surface area (Å²) in [7, 11) is 0. The van der Waals surface area contributed by atoms with Gasteiger partial charge in [-0.25, -0.2) is 0 Å². The Balaban J connectivity index is 1.84. The zero-order valence-corrected chi connectivity index (χ0v) is 15.9. The van der Waals surface area contributed by atoms with Crippen LogP contribution in [0.25, 0.3) is 0 Å². The molecule has 0 radical (unpaired) electrons. The Kier molecular flexibility index (Phi) is 6.30. The van der Waals surface area contributed by atoms with Crippen LogP contribution >= 0.6 is 0 Å². The first-order valence-electron chi connectivity index (χ1n) is 9.25. The van der Waals surface area contributed by atoms with Crippen LogP contribution in [-0.2, 0) is 10.3 Å². The molecule has 28 heavy (non-hydrogen) atoms. The fourth-order valence-electron chi connectivity index (χ4n) is 3.38. The maximum absolute atomic E-state index is 11.3. The summed E-state index contributed by atoms with van der Waals surface area (Å²) < 4.78 is 10.8. The Morgan fingerprint density at radius 3 is 2.57 bits per heavy atom. The summed E-state index contributed by atoms with van der Waals surface area (Å²) in [5.74, 6) is 3.14. The first-order valence-corrected chi connectivity index (χ1v) is 9.25. The van der Waals surface area contributed by atoms with Crippen molar-refractivity contribution in [2.75, 3.05) is 44.4 Å². The number of terminal acetylenes is 1. The van der Waals surface area contributed by atoms with Crippen LogP contribution in [0.2, 0.25) is 0 Å². The van der Waals surface area contributed by atoms with Gasteiger partial charge in [0.15, 0.2) is 5.60 Å². The van der Waals surface area contributed by atoms with Crippen LogP contribution in [0.15, 0.2) is 47.6 Å². The van der Waals surface area contributed by atoms with E-state index in [2.05, 4.69) is 16.0 Å². The fraction of sp³-hybridized carbons (Fsp3) is 0.364. The van der Waals surface area contributed by atoms with Gasteiger partial charge < -0.3 is 19.5 Å². The zero-order chi connectivity index (χ0) is 20.0. The highest BCUT2D eigenvalue weighted by molar-refractivity contribution is 5.56. The molecule has 146 valence electrons. The van der Waals surface area contributed by atoms with Gasteiger partial charge in [-0.1, -0.05) is 29.3 Å². The normalized spacial score (nSPS) is 16.1. The van der Waals surface area contributed by atoms with Crippen molar-refractivity contribution in [1.29, 1.82) is 0 Å². The second-order valence-corrected chi connectivity index (χ2v) is 6.68. The molecule has 0 aromatic heterocycles. The summed E-state index contributed by atoms with van der Waals surface area (Å²) in [5.41, 5.74) is 1.72. The summed E-state index contributed by atoms with van der Waals surface area (Å²) >= 11 is 0. The SMILES string of the molecule is C#CC(O)(c1ccc(OCCN=O)cc1)c1ccc(N2CCOCC2)cc1C. The van der Waals surface area contributed by atoms with Gasteiger partial charge in [0.05, 0.1) is 13.2 Å². The van der Waals surface area contributed by atoms with Crippen molar-refractivity contribution in [2.24, 2.45) is 5.18 Å². The second-order valence-electron chi connectivity index (χ2n) is 6.68. The van der Waals surface area contributed by atoms with E-state index in [1.807, 2.05) is 25.1 Å². The van der Waals surface area contributed by atoms with Gasteiger partial charge >= 0.3 is 0 Å². The van der Waals surface area contributed by atoms with Gasteiger partial charge in [0.25, 0.3) is 0 Å². The molecule has 0 bridgehead atoms. The molecule has 0 aliphatic carbocycles. The Morgan fingerprint density at radius 2 is 1.96 bits per heavy atom. The molecule has 3 rings (SSSR count). The molecule has 6 nitrogen and oxygen atoms in total. The molecule has 0 amide bonds. The number of ether oxygens (including phenoxy) is 2. The van der Waals surface area contributed by atoms with Gasteiger partial charge in [-0.15, -0.1) is 6.42 Å². The minimum Gasteiger partial charge on any atom is -0.492 e. The number of nitrogens with zero attached hydrogens (tertiary/aromatic N) is 2. The summed E-state index contributed by atoms with van der Waals surface area (Å²) in [6.07, 6.45) is 5.75. The molecule has 1 aliphatic heterocycles. The summed E-state index contributed by atoms with van der Waals surface area (Å²) in [6.45, 7) is 5.37. The average molecular weight is 380 g/mol. The molecule has 1 unspecified atom stereocenters. The van der Waals surface area contributed by atoms with Crippen molar-refractivity contribution in [1.82, 2.24) is 0 Å². The predicted molar refractivity (Wildman–Crippen MR) is 109 cm³/mol. The van der Waals surface area contributed by atoms with E-state index in [0.29, 0.717) is 30.1 Å². The lowest BCUT2D eigenvalue weighted by Crippen LogP contribution is -2.36. The van der Waals surface area contributed by atoms with Gasteiger partial charge in [-0.05, 0) is 36.8 Å². The van der Waals surface area contributed by atoms with Crippen molar-refractivity contribution in [3.63, 3.8) is 0 Å². The van der Waals surface area contributed by atoms with Gasteiger partial charge in [0.2, 0.25) is 0 Å². The van der Waals surface area contributed by atoms with Crippen molar-refractivity contribution in [3.8, 4) is 18.1 Å². The van der Waals surface area contributed by atoms with Crippen LogP contribution in [0.3, 0.4) is 0 Å². The summed E-state index contributed by atoms with van der Waals surface area (Å²) in [5, 5.41) is 14.0. The third-order valence-corrected chi connectivity index (χ3v) is 4.91. The Hall–Kier alpha value is -2.88. The third-order valence-electron chi connectivity index (χ3n) is 4.91. The summed E-state index contributed by atoms with van der Waals surface area (Å²) in [4.78, 5) is 12.4. The van der Waals surface area contributed by atoms with Crippen molar-refractivity contribution in [2.45, 2.75) is 12.5 Å². The molecule has 1 fully saturated rings. The maximum Gasteiger partial charge on any atom is 0.176 e. The van der Waals surface area contributed by atoms with E-state index in [4.69, 9.17) is 15.9 Å². The largest absolute Gasteiger partial charge is 0.492 e. The highest BCUT2D eigenvalue weighted by Gasteiger charge is 2.31. The van der Waals surface area contributed by atoms with E-state index in [0.717, 1.165) is 24.3 Å². The highest BCUT2D eigenvalue weighted by atomic mass is 16.5. The fourth-order valence-corrected chi connectivity index (χ4v) is 3.38. The summed E-state index contributed by atoms with van der Waals surface area (Å²) in [6, 6.07) is 12.8. The molecule has 2 aromatic rings. The lowest BCUT2D eigenvalue weighted by Gasteiger charge is -2.31. The van der Waals surface area contributed by atoms with E-state index >= 15 is 0 Å². The number of nitroso groups, excluding NO2 is 1. The topological polar surface area (TPSA) is 71.4 Å². The molecule has 2 aromatic carbocycles. The minimum absolute atomic E-state index is 0.0880. The molecule has 6 heteroatoms. The quantitative estimate of drug-likeness (QED) is 0.454. The molecule has 1 aliphatic rings. The number of hydrogen-bond donors (Lipinski definition) is 1. The molecular weight excluding hydrogens is 356 g/mol. The van der Waals surface area contributed by atoms with Crippen LogP contribution in [0, 0.1) is 24.2 Å². The van der Waals surface area contributed by atoms with Crippen LogP contribution in [0.4, 0.5) is 5.69 Å². The molecule has 0 spiro atoms. The van der Waals surface area contributed by atoms with E-state index in [1.54, 1.807) is 24.3 Å². The standard InChI is InChI=1S/C22H24N2O4/c1-3-22(25,18-4-7-20(8-5-18)28-13-10-23-26)21-9-6-19(16-17(21)2)24-11-14-27-15-12-24/h1,4-9,16,25H,10-15H2,2H3. The van der Waals surface area contributed by atoms with Crippen molar-refractivity contribution < 1.29 is 14.6 Å². The van der Waals surface area contributed by atoms with Crippen LogP contribution in [0.5, 0.6) is 5.75 Å². The number of rotatable bonds is 7. The van der Waals surface area contributed by atoms with Crippen molar-refractivity contribution in [3.05, 3.63) is 64.1 Å². The van der Waals surface area contributed by atoms with Gasteiger partial charge in [0.1, 0.15) is 18.9 Å². The smallest absolute Gasteiger partial charge is 0.176 e. The predicted octanol–water partition coefficient (Wildman–Crippen LogP) is 2.85. The van der Waals surface area contributed by atoms with E-state index in [-0.39, 0.29) is 13.2 Å². The highest BCUT2D eigenvalue weighted by Crippen LogP contribution is 2.34. The Labute approximate surface area is 165 Å². The number of anilines is 1. The van der Waals surface area contributed by atoms with E-state index in [9.17, 15) is 10.0 Å². The first-order chi connectivity index (χ1) is 13.6. The monoisotopic (exact) mass is 380 g/mol. The zero-order valence-electron chi connectivity index (χ0n) is 15.9. The van der Waals surface area contributed by atoms with Gasteiger partial charge in [-0.3, -0.25) is 0 Å². The minimum atomic E-state index is -1.55. The molecular formula is C22H24N2O4. The molecule has 1 heterocycles. The lowest BCUT2D eigenvalue weighted by molar-refractivity contribution is 0.122. The van der Waals surface area contributed by atoms with E-state index < -0.39 is 5.60 Å². The van der Waals surface area contributed by atoms with Gasteiger partial charge in [-0.2, -0.15) is 4.91 Å². The van der Waals surface area contributed by atoms with Crippen LogP contribution in [-0.4, -0.2) is 44.6 Å². The Morgan fingerprint density at radius 1 is 1.25 bits per heavy atom. The third kappa shape index (κ3) is 4.16. The number of aliphatic hydroxyl groups is 1. The van der Waals surface area contributed by atoms with E-state index in [1.165, 1.54) is 0 Å². The maximum atomic E-state index is 11.3. The number of benzene rings is 2. The molecule has 0 saturated carbocycles. The number of morpholine rings is 1. The van der Waals surface area contributed by atoms with Crippen molar-refractivity contribution >= 4 is 5.69 Å². The number of aryl methyl sites for hydroxylation is 1. The van der Waals surface area contributed by atoms with Crippen LogP contribution in [0.1, 0.15) is 16.7 Å². The molecule has 1 N–H and O–H groups in total. The average Bonchev–Trinajstić information content (AvgIpc) is 2.74. The number of hydrogen-bond acceptors (Lipinski definition) is 6. The first kappa shape index (κ1) is 19.9. The molecule has 1 atom stereocenters. The van der Waals surface area contributed by atoms with Crippen LogP contribution < -0.4 is 9.64 Å². The molecule has 1 saturated heterocycles.